The second-order valence-electron chi connectivity index (χ2n) is 4.86. The van der Waals surface area contributed by atoms with Crippen LogP contribution in [-0.2, 0) is 0 Å². The quantitative estimate of drug-likeness (QED) is 0.899. The van der Waals surface area contributed by atoms with Crippen molar-refractivity contribution in [2.24, 2.45) is 0 Å². The van der Waals surface area contributed by atoms with Gasteiger partial charge in [0.15, 0.2) is 0 Å². The van der Waals surface area contributed by atoms with E-state index in [0.29, 0.717) is 33.5 Å². The summed E-state index contributed by atoms with van der Waals surface area (Å²) in [4.78, 5) is 12.5. The Hall–Kier alpha value is -2.40. The van der Waals surface area contributed by atoms with Gasteiger partial charge in [0.25, 0.3) is 5.91 Å². The molecule has 0 aliphatic rings. The van der Waals surface area contributed by atoms with Gasteiger partial charge in [-0.15, -0.1) is 0 Å². The minimum absolute atomic E-state index is 0.303. The minimum Gasteiger partial charge on any atom is -0.497 e. The molecule has 0 radical (unpaired) electrons. The summed E-state index contributed by atoms with van der Waals surface area (Å²) in [5.41, 5.74) is 1.79. The maximum atomic E-state index is 12.5. The molecule has 2 aromatic rings. The summed E-state index contributed by atoms with van der Waals surface area (Å²) < 4.78 is 15.6. The van der Waals surface area contributed by atoms with Crippen molar-refractivity contribution in [3.05, 3.63) is 46.5 Å². The molecule has 0 saturated carbocycles. The van der Waals surface area contributed by atoms with Crippen LogP contribution in [0.4, 0.5) is 5.69 Å². The van der Waals surface area contributed by atoms with Crippen LogP contribution in [-0.4, -0.2) is 27.2 Å². The molecule has 2 rings (SSSR count). The number of rotatable bonds is 5. The van der Waals surface area contributed by atoms with Crippen molar-refractivity contribution in [1.82, 2.24) is 0 Å². The molecule has 0 fully saturated rings. The number of benzene rings is 2. The third-order valence-electron chi connectivity index (χ3n) is 3.34. The third-order valence-corrected chi connectivity index (χ3v) is 3.75. The van der Waals surface area contributed by atoms with E-state index in [0.717, 1.165) is 5.56 Å². The first-order chi connectivity index (χ1) is 11.0. The lowest BCUT2D eigenvalue weighted by Crippen LogP contribution is -2.13. The highest BCUT2D eigenvalue weighted by molar-refractivity contribution is 6.31. The molecule has 0 saturated heterocycles. The zero-order valence-electron chi connectivity index (χ0n) is 13.4. The summed E-state index contributed by atoms with van der Waals surface area (Å²) in [5, 5.41) is 3.39. The Morgan fingerprint density at radius 2 is 1.57 bits per heavy atom. The van der Waals surface area contributed by atoms with Gasteiger partial charge in [0.05, 0.1) is 27.0 Å². The van der Waals surface area contributed by atoms with Crippen LogP contribution in [0.2, 0.25) is 5.02 Å². The number of halogens is 1. The molecule has 0 unspecified atom stereocenters. The number of amides is 1. The van der Waals surface area contributed by atoms with Crippen LogP contribution in [0.15, 0.2) is 30.3 Å². The minimum atomic E-state index is -0.303. The van der Waals surface area contributed by atoms with Gasteiger partial charge < -0.3 is 19.5 Å². The molecule has 23 heavy (non-hydrogen) atoms. The van der Waals surface area contributed by atoms with Crippen LogP contribution in [0.1, 0.15) is 15.9 Å². The number of carbonyl (C=O) groups excluding carboxylic acids is 1. The number of hydrogen-bond acceptors (Lipinski definition) is 4. The highest BCUT2D eigenvalue weighted by atomic mass is 35.5. The van der Waals surface area contributed by atoms with Crippen LogP contribution in [0.25, 0.3) is 0 Å². The lowest BCUT2D eigenvalue weighted by atomic mass is 10.1. The average molecular weight is 336 g/mol. The number of carbonyl (C=O) groups is 1. The Kier molecular flexibility index (Phi) is 5.34. The van der Waals surface area contributed by atoms with Gasteiger partial charge in [0.1, 0.15) is 17.2 Å². The molecule has 0 bridgehead atoms. The maximum absolute atomic E-state index is 12.5. The van der Waals surface area contributed by atoms with E-state index in [1.165, 1.54) is 21.3 Å². The van der Waals surface area contributed by atoms with E-state index >= 15 is 0 Å². The van der Waals surface area contributed by atoms with E-state index in [9.17, 15) is 4.79 Å². The molecule has 0 aliphatic carbocycles. The molecule has 122 valence electrons. The highest BCUT2D eigenvalue weighted by Crippen LogP contribution is 2.31. The van der Waals surface area contributed by atoms with Gasteiger partial charge in [-0.1, -0.05) is 11.6 Å². The first kappa shape index (κ1) is 17.0. The Balaban J connectivity index is 2.34. The zero-order valence-corrected chi connectivity index (χ0v) is 14.2. The number of hydrogen-bond donors (Lipinski definition) is 1. The number of methoxy groups -OCH3 is 3. The van der Waals surface area contributed by atoms with Crippen LogP contribution in [0.3, 0.4) is 0 Å². The van der Waals surface area contributed by atoms with E-state index in [-0.39, 0.29) is 5.91 Å². The van der Waals surface area contributed by atoms with Crippen molar-refractivity contribution in [1.29, 1.82) is 0 Å². The number of nitrogens with one attached hydrogen (secondary N) is 1. The molecule has 5 nitrogen and oxygen atoms in total. The van der Waals surface area contributed by atoms with Crippen molar-refractivity contribution in [2.45, 2.75) is 6.92 Å². The SMILES string of the molecule is COc1cc(OC)cc(C(=O)Nc2cc(C)c(Cl)cc2OC)c1. The van der Waals surface area contributed by atoms with Crippen molar-refractivity contribution in [2.75, 3.05) is 26.6 Å². The monoisotopic (exact) mass is 335 g/mol. The largest absolute Gasteiger partial charge is 0.497 e. The highest BCUT2D eigenvalue weighted by Gasteiger charge is 2.14. The molecule has 2 aromatic carbocycles. The summed E-state index contributed by atoms with van der Waals surface area (Å²) in [6, 6.07) is 8.39. The molecule has 0 aliphatic heterocycles. The van der Waals surface area contributed by atoms with Crippen LogP contribution >= 0.6 is 11.6 Å². The smallest absolute Gasteiger partial charge is 0.256 e. The fourth-order valence-corrected chi connectivity index (χ4v) is 2.22. The van der Waals surface area contributed by atoms with Gasteiger partial charge in [-0.3, -0.25) is 4.79 Å². The summed E-state index contributed by atoms with van der Waals surface area (Å²) in [5.74, 6) is 1.26. The number of anilines is 1. The van der Waals surface area contributed by atoms with Gasteiger partial charge in [-0.05, 0) is 30.7 Å². The lowest BCUT2D eigenvalue weighted by Gasteiger charge is -2.13. The van der Waals surface area contributed by atoms with E-state index in [4.69, 9.17) is 25.8 Å². The Morgan fingerprint density at radius 3 is 2.09 bits per heavy atom. The second-order valence-corrected chi connectivity index (χ2v) is 5.26. The van der Waals surface area contributed by atoms with E-state index in [2.05, 4.69) is 5.32 Å². The topological polar surface area (TPSA) is 56.8 Å². The average Bonchev–Trinajstić information content (AvgIpc) is 2.57. The number of ether oxygens (including phenoxy) is 3. The van der Waals surface area contributed by atoms with Crippen LogP contribution < -0.4 is 19.5 Å². The lowest BCUT2D eigenvalue weighted by molar-refractivity contribution is 0.102. The molecule has 0 atom stereocenters. The second kappa shape index (κ2) is 7.24. The molecule has 6 heteroatoms. The fraction of sp³-hybridized carbons (Fsp3) is 0.235. The zero-order chi connectivity index (χ0) is 17.0. The standard InChI is InChI=1S/C17H18ClNO4/c1-10-5-15(16(23-4)9-14(10)18)19-17(20)11-6-12(21-2)8-13(7-11)22-3/h5-9H,1-4H3,(H,19,20). The molecular weight excluding hydrogens is 318 g/mol. The fourth-order valence-electron chi connectivity index (χ4n) is 2.06. The summed E-state index contributed by atoms with van der Waals surface area (Å²) in [6.07, 6.45) is 0. The Morgan fingerprint density at radius 1 is 0.957 bits per heavy atom. The van der Waals surface area contributed by atoms with Crippen LogP contribution in [0.5, 0.6) is 17.2 Å². The predicted octanol–water partition coefficient (Wildman–Crippen LogP) is 3.93. The van der Waals surface area contributed by atoms with Gasteiger partial charge in [0.2, 0.25) is 0 Å². The number of aryl methyl sites for hydroxylation is 1. The van der Waals surface area contributed by atoms with Gasteiger partial charge in [0, 0.05) is 22.7 Å². The van der Waals surface area contributed by atoms with E-state index in [1.807, 2.05) is 6.92 Å². The molecule has 0 spiro atoms. The first-order valence-electron chi connectivity index (χ1n) is 6.87. The summed E-state index contributed by atoms with van der Waals surface area (Å²) in [7, 11) is 4.58. The van der Waals surface area contributed by atoms with Gasteiger partial charge >= 0.3 is 0 Å². The van der Waals surface area contributed by atoms with Gasteiger partial charge in [-0.2, -0.15) is 0 Å². The van der Waals surface area contributed by atoms with E-state index < -0.39 is 0 Å². The van der Waals surface area contributed by atoms with Crippen LogP contribution in [0, 0.1) is 6.92 Å². The van der Waals surface area contributed by atoms with Gasteiger partial charge in [-0.25, -0.2) is 0 Å². The molecule has 0 aromatic heterocycles. The summed E-state index contributed by atoms with van der Waals surface area (Å²) in [6.45, 7) is 1.85. The molecule has 1 N–H and O–H groups in total. The first-order valence-corrected chi connectivity index (χ1v) is 7.24. The maximum Gasteiger partial charge on any atom is 0.256 e. The molecular formula is C17H18ClNO4. The van der Waals surface area contributed by atoms with Crippen molar-refractivity contribution < 1.29 is 19.0 Å². The Labute approximate surface area is 140 Å². The van der Waals surface area contributed by atoms with Crippen molar-refractivity contribution in [3.63, 3.8) is 0 Å². The normalized spacial score (nSPS) is 10.1. The Bertz CT molecular complexity index is 709. The molecule has 0 heterocycles. The van der Waals surface area contributed by atoms with E-state index in [1.54, 1.807) is 30.3 Å². The molecule has 1 amide bonds. The van der Waals surface area contributed by atoms with Crippen molar-refractivity contribution in [3.8, 4) is 17.2 Å². The van der Waals surface area contributed by atoms with Crippen molar-refractivity contribution >= 4 is 23.2 Å². The third kappa shape index (κ3) is 3.87. The predicted molar refractivity (Wildman–Crippen MR) is 90.2 cm³/mol. The summed E-state index contributed by atoms with van der Waals surface area (Å²) >= 11 is 6.07.